The molecule has 1 fully saturated rings. The molecular formula is C10H14N4. The van der Waals surface area contributed by atoms with Crippen molar-refractivity contribution in [3.8, 4) is 6.07 Å². The SMILES string of the molecule is Cn1c(C2CCCC2)nc(C#N)c1N. The van der Waals surface area contributed by atoms with Gasteiger partial charge in [-0.05, 0) is 12.8 Å². The molecule has 1 aromatic rings. The van der Waals surface area contributed by atoms with E-state index in [1.165, 1.54) is 25.7 Å². The van der Waals surface area contributed by atoms with E-state index in [0.29, 0.717) is 17.4 Å². The summed E-state index contributed by atoms with van der Waals surface area (Å²) in [4.78, 5) is 4.29. The Labute approximate surface area is 83.4 Å². The van der Waals surface area contributed by atoms with Crippen LogP contribution in [-0.4, -0.2) is 9.55 Å². The third kappa shape index (κ3) is 1.25. The predicted octanol–water partition coefficient (Wildman–Crippen LogP) is 1.53. The average Bonchev–Trinajstić information content (AvgIpc) is 2.78. The summed E-state index contributed by atoms with van der Waals surface area (Å²) in [6, 6.07) is 2.02. The lowest BCUT2D eigenvalue weighted by molar-refractivity contribution is 0.635. The zero-order valence-corrected chi connectivity index (χ0v) is 8.32. The van der Waals surface area contributed by atoms with E-state index in [4.69, 9.17) is 11.0 Å². The fourth-order valence-electron chi connectivity index (χ4n) is 2.16. The first-order chi connectivity index (χ1) is 6.74. The highest BCUT2D eigenvalue weighted by Gasteiger charge is 2.23. The van der Waals surface area contributed by atoms with Crippen molar-refractivity contribution in [1.29, 1.82) is 5.26 Å². The Morgan fingerprint density at radius 2 is 2.14 bits per heavy atom. The van der Waals surface area contributed by atoms with Gasteiger partial charge in [0.05, 0.1) is 0 Å². The summed E-state index contributed by atoms with van der Waals surface area (Å²) < 4.78 is 1.86. The lowest BCUT2D eigenvalue weighted by atomic mass is 10.1. The number of nitrogen functional groups attached to an aromatic ring is 1. The molecule has 2 rings (SSSR count). The van der Waals surface area contributed by atoms with Crippen LogP contribution in [0.25, 0.3) is 0 Å². The number of anilines is 1. The fraction of sp³-hybridized carbons (Fsp3) is 0.600. The van der Waals surface area contributed by atoms with Crippen LogP contribution in [0.1, 0.15) is 43.1 Å². The monoisotopic (exact) mass is 190 g/mol. The maximum absolute atomic E-state index is 8.79. The maximum Gasteiger partial charge on any atom is 0.182 e. The van der Waals surface area contributed by atoms with Crippen molar-refractivity contribution in [2.24, 2.45) is 7.05 Å². The van der Waals surface area contributed by atoms with E-state index in [0.717, 1.165) is 5.82 Å². The van der Waals surface area contributed by atoms with E-state index in [9.17, 15) is 0 Å². The Kier molecular flexibility index (Phi) is 2.16. The normalized spacial score (nSPS) is 17.1. The van der Waals surface area contributed by atoms with Crippen LogP contribution in [0, 0.1) is 11.3 Å². The second-order valence-electron chi connectivity index (χ2n) is 3.86. The third-order valence-electron chi connectivity index (χ3n) is 3.00. The minimum atomic E-state index is 0.370. The summed E-state index contributed by atoms with van der Waals surface area (Å²) in [7, 11) is 1.89. The highest BCUT2D eigenvalue weighted by Crippen LogP contribution is 2.34. The zero-order chi connectivity index (χ0) is 10.1. The number of nitrogens with two attached hydrogens (primary N) is 1. The highest BCUT2D eigenvalue weighted by atomic mass is 15.1. The summed E-state index contributed by atoms with van der Waals surface area (Å²) in [6.07, 6.45) is 4.88. The lowest BCUT2D eigenvalue weighted by Crippen LogP contribution is -2.05. The summed E-state index contributed by atoms with van der Waals surface area (Å²) in [5, 5.41) is 8.79. The molecule has 1 aliphatic rings. The quantitative estimate of drug-likeness (QED) is 0.730. The van der Waals surface area contributed by atoms with E-state index < -0.39 is 0 Å². The predicted molar refractivity (Wildman–Crippen MR) is 53.5 cm³/mol. The van der Waals surface area contributed by atoms with Crippen LogP contribution in [0.5, 0.6) is 0 Å². The Morgan fingerprint density at radius 1 is 1.50 bits per heavy atom. The summed E-state index contributed by atoms with van der Waals surface area (Å²) in [6.45, 7) is 0. The smallest absolute Gasteiger partial charge is 0.182 e. The molecular weight excluding hydrogens is 176 g/mol. The first-order valence-corrected chi connectivity index (χ1v) is 4.96. The lowest BCUT2D eigenvalue weighted by Gasteiger charge is -2.08. The topological polar surface area (TPSA) is 67.6 Å². The second kappa shape index (κ2) is 3.33. The third-order valence-corrected chi connectivity index (χ3v) is 3.00. The van der Waals surface area contributed by atoms with Gasteiger partial charge in [0.15, 0.2) is 5.69 Å². The first kappa shape index (κ1) is 9.07. The minimum Gasteiger partial charge on any atom is -0.383 e. The van der Waals surface area contributed by atoms with Crippen LogP contribution in [0.15, 0.2) is 0 Å². The van der Waals surface area contributed by atoms with E-state index in [1.807, 2.05) is 17.7 Å². The zero-order valence-electron chi connectivity index (χ0n) is 8.32. The van der Waals surface area contributed by atoms with Crippen LogP contribution in [-0.2, 0) is 7.05 Å². The largest absolute Gasteiger partial charge is 0.383 e. The van der Waals surface area contributed by atoms with Gasteiger partial charge in [-0.1, -0.05) is 12.8 Å². The summed E-state index contributed by atoms with van der Waals surface area (Å²) in [5.74, 6) is 1.98. The number of nitrogens with zero attached hydrogens (tertiary/aromatic N) is 3. The van der Waals surface area contributed by atoms with E-state index in [-0.39, 0.29) is 0 Å². The van der Waals surface area contributed by atoms with Gasteiger partial charge in [-0.15, -0.1) is 0 Å². The summed E-state index contributed by atoms with van der Waals surface area (Å²) in [5.41, 5.74) is 6.13. The van der Waals surface area contributed by atoms with Crippen molar-refractivity contribution in [2.75, 3.05) is 5.73 Å². The van der Waals surface area contributed by atoms with Crippen molar-refractivity contribution in [2.45, 2.75) is 31.6 Å². The Bertz CT molecular complexity index is 380. The van der Waals surface area contributed by atoms with Gasteiger partial charge in [-0.3, -0.25) is 0 Å². The molecule has 0 amide bonds. The number of rotatable bonds is 1. The Hall–Kier alpha value is -1.50. The van der Waals surface area contributed by atoms with Crippen molar-refractivity contribution >= 4 is 5.82 Å². The Morgan fingerprint density at radius 3 is 2.64 bits per heavy atom. The van der Waals surface area contributed by atoms with Crippen molar-refractivity contribution in [1.82, 2.24) is 9.55 Å². The van der Waals surface area contributed by atoms with Gasteiger partial charge in [-0.25, -0.2) is 4.98 Å². The standard InChI is InChI=1S/C10H14N4/c1-14-9(12)8(6-11)13-10(14)7-4-2-3-5-7/h7H,2-5,12H2,1H3. The Balaban J connectivity index is 2.39. The molecule has 0 aliphatic heterocycles. The molecule has 14 heavy (non-hydrogen) atoms. The van der Waals surface area contributed by atoms with Gasteiger partial charge in [0.25, 0.3) is 0 Å². The molecule has 1 aliphatic carbocycles. The van der Waals surface area contributed by atoms with Gasteiger partial charge in [0.1, 0.15) is 17.7 Å². The molecule has 0 saturated heterocycles. The molecule has 0 aromatic carbocycles. The molecule has 1 saturated carbocycles. The average molecular weight is 190 g/mol. The van der Waals surface area contributed by atoms with Gasteiger partial charge >= 0.3 is 0 Å². The maximum atomic E-state index is 8.79. The van der Waals surface area contributed by atoms with Crippen molar-refractivity contribution in [3.05, 3.63) is 11.5 Å². The van der Waals surface area contributed by atoms with Crippen LogP contribution < -0.4 is 5.73 Å². The molecule has 74 valence electrons. The number of imidazole rings is 1. The minimum absolute atomic E-state index is 0.370. The van der Waals surface area contributed by atoms with E-state index >= 15 is 0 Å². The van der Waals surface area contributed by atoms with E-state index in [1.54, 1.807) is 0 Å². The molecule has 0 spiro atoms. The van der Waals surface area contributed by atoms with E-state index in [2.05, 4.69) is 4.98 Å². The van der Waals surface area contributed by atoms with Crippen LogP contribution >= 0.6 is 0 Å². The number of aromatic nitrogens is 2. The second-order valence-corrected chi connectivity index (χ2v) is 3.86. The molecule has 1 aromatic heterocycles. The van der Waals surface area contributed by atoms with Crippen LogP contribution in [0.2, 0.25) is 0 Å². The van der Waals surface area contributed by atoms with Crippen molar-refractivity contribution in [3.63, 3.8) is 0 Å². The molecule has 0 unspecified atom stereocenters. The van der Waals surface area contributed by atoms with Gasteiger partial charge in [-0.2, -0.15) is 5.26 Å². The first-order valence-electron chi connectivity index (χ1n) is 4.96. The van der Waals surface area contributed by atoms with Gasteiger partial charge < -0.3 is 10.3 Å². The molecule has 1 heterocycles. The summed E-state index contributed by atoms with van der Waals surface area (Å²) >= 11 is 0. The number of hydrogen-bond donors (Lipinski definition) is 1. The molecule has 0 atom stereocenters. The molecule has 4 nitrogen and oxygen atoms in total. The molecule has 0 radical (unpaired) electrons. The number of nitriles is 1. The van der Waals surface area contributed by atoms with Crippen LogP contribution in [0.3, 0.4) is 0 Å². The van der Waals surface area contributed by atoms with Crippen molar-refractivity contribution < 1.29 is 0 Å². The van der Waals surface area contributed by atoms with Gasteiger partial charge in [0.2, 0.25) is 0 Å². The molecule has 2 N–H and O–H groups in total. The van der Waals surface area contributed by atoms with Crippen LogP contribution in [0.4, 0.5) is 5.82 Å². The highest BCUT2D eigenvalue weighted by molar-refractivity contribution is 5.46. The number of hydrogen-bond acceptors (Lipinski definition) is 3. The molecule has 0 bridgehead atoms. The van der Waals surface area contributed by atoms with Gasteiger partial charge in [0, 0.05) is 13.0 Å². The molecule has 4 heteroatoms. The fourth-order valence-corrected chi connectivity index (χ4v) is 2.16.